The molecular formula is C11H19NS. The summed E-state index contributed by atoms with van der Waals surface area (Å²) >= 11 is 2.10. The van der Waals surface area contributed by atoms with Gasteiger partial charge in [-0.15, -0.1) is 12.3 Å². The number of hydrogen-bond acceptors (Lipinski definition) is 2. The monoisotopic (exact) mass is 197 g/mol. The second kappa shape index (κ2) is 6.34. The zero-order valence-corrected chi connectivity index (χ0v) is 9.20. The van der Waals surface area contributed by atoms with Crippen LogP contribution in [-0.2, 0) is 0 Å². The van der Waals surface area contributed by atoms with Crippen LogP contribution in [0.15, 0.2) is 0 Å². The minimum Gasteiger partial charge on any atom is -0.315 e. The lowest BCUT2D eigenvalue weighted by atomic mass is 10.2. The number of hydrogen-bond donors (Lipinski definition) is 1. The minimum atomic E-state index is 0.510. The first-order chi connectivity index (χ1) is 6.36. The Morgan fingerprint density at radius 1 is 1.54 bits per heavy atom. The summed E-state index contributed by atoms with van der Waals surface area (Å²) in [6.45, 7) is 0. The summed E-state index contributed by atoms with van der Waals surface area (Å²) in [4.78, 5) is 0. The van der Waals surface area contributed by atoms with Gasteiger partial charge in [0, 0.05) is 23.5 Å². The van der Waals surface area contributed by atoms with Gasteiger partial charge in [0.15, 0.2) is 0 Å². The normalized spacial score (nSPS) is 20.0. The predicted molar refractivity (Wildman–Crippen MR) is 61.0 cm³/mol. The average molecular weight is 197 g/mol. The highest BCUT2D eigenvalue weighted by molar-refractivity contribution is 7.99. The molecule has 1 atom stereocenters. The Labute approximate surface area is 86.1 Å². The number of thioether (sulfide) groups is 1. The van der Waals surface area contributed by atoms with Gasteiger partial charge in [0.1, 0.15) is 0 Å². The van der Waals surface area contributed by atoms with Crippen LogP contribution in [0.4, 0.5) is 0 Å². The SMILES string of the molecule is C#CCC(CSC1CCCC1)NC. The van der Waals surface area contributed by atoms with E-state index < -0.39 is 0 Å². The second-order valence-corrected chi connectivity index (χ2v) is 4.97. The predicted octanol–water partition coefficient (Wildman–Crippen LogP) is 2.27. The molecule has 0 aliphatic heterocycles. The third-order valence-electron chi connectivity index (χ3n) is 2.61. The molecule has 74 valence electrons. The quantitative estimate of drug-likeness (QED) is 0.679. The van der Waals surface area contributed by atoms with Crippen LogP contribution in [0.3, 0.4) is 0 Å². The van der Waals surface area contributed by atoms with E-state index in [1.165, 1.54) is 31.4 Å². The van der Waals surface area contributed by atoms with Crippen LogP contribution in [0.2, 0.25) is 0 Å². The third-order valence-corrected chi connectivity index (χ3v) is 4.15. The summed E-state index contributed by atoms with van der Waals surface area (Å²) in [7, 11) is 2.00. The molecule has 0 heterocycles. The molecule has 1 nitrogen and oxygen atoms in total. The molecule has 0 aromatic heterocycles. The van der Waals surface area contributed by atoms with E-state index in [2.05, 4.69) is 23.0 Å². The lowest BCUT2D eigenvalue weighted by Crippen LogP contribution is -2.27. The highest BCUT2D eigenvalue weighted by atomic mass is 32.2. The Morgan fingerprint density at radius 2 is 2.23 bits per heavy atom. The fraction of sp³-hybridized carbons (Fsp3) is 0.818. The van der Waals surface area contributed by atoms with Crippen molar-refractivity contribution in [2.75, 3.05) is 12.8 Å². The number of nitrogens with one attached hydrogen (secondary N) is 1. The standard InChI is InChI=1S/C11H19NS/c1-3-6-10(12-2)9-13-11-7-4-5-8-11/h1,10-12H,4-9H2,2H3. The molecule has 1 unspecified atom stereocenters. The van der Waals surface area contributed by atoms with Crippen molar-refractivity contribution in [2.45, 2.75) is 43.4 Å². The average Bonchev–Trinajstić information content (AvgIpc) is 2.64. The fourth-order valence-electron chi connectivity index (χ4n) is 1.69. The largest absolute Gasteiger partial charge is 0.315 e. The van der Waals surface area contributed by atoms with E-state index in [1.807, 2.05) is 7.05 Å². The molecular weight excluding hydrogens is 178 g/mol. The molecule has 13 heavy (non-hydrogen) atoms. The van der Waals surface area contributed by atoms with Gasteiger partial charge >= 0.3 is 0 Å². The maximum atomic E-state index is 5.29. The van der Waals surface area contributed by atoms with Crippen LogP contribution in [-0.4, -0.2) is 24.1 Å². The van der Waals surface area contributed by atoms with Crippen LogP contribution < -0.4 is 5.32 Å². The summed E-state index contributed by atoms with van der Waals surface area (Å²) < 4.78 is 0. The lowest BCUT2D eigenvalue weighted by Gasteiger charge is -2.15. The van der Waals surface area contributed by atoms with E-state index in [-0.39, 0.29) is 0 Å². The summed E-state index contributed by atoms with van der Waals surface area (Å²) in [6.07, 6.45) is 11.8. The maximum Gasteiger partial charge on any atom is 0.0264 e. The van der Waals surface area contributed by atoms with Gasteiger partial charge in [-0.05, 0) is 19.9 Å². The zero-order chi connectivity index (χ0) is 9.52. The van der Waals surface area contributed by atoms with E-state index >= 15 is 0 Å². The molecule has 0 saturated heterocycles. The van der Waals surface area contributed by atoms with Crippen molar-refractivity contribution in [3.63, 3.8) is 0 Å². The van der Waals surface area contributed by atoms with Gasteiger partial charge in [0.05, 0.1) is 0 Å². The van der Waals surface area contributed by atoms with E-state index in [1.54, 1.807) is 0 Å². The molecule has 1 aliphatic rings. The fourth-order valence-corrected chi connectivity index (χ4v) is 3.15. The number of terminal acetylenes is 1. The molecule has 2 heteroatoms. The van der Waals surface area contributed by atoms with E-state index in [0.717, 1.165) is 11.7 Å². The van der Waals surface area contributed by atoms with Gasteiger partial charge in [0.2, 0.25) is 0 Å². The van der Waals surface area contributed by atoms with E-state index in [0.29, 0.717) is 6.04 Å². The summed E-state index contributed by atoms with van der Waals surface area (Å²) in [5.74, 6) is 3.89. The van der Waals surface area contributed by atoms with Gasteiger partial charge in [0.25, 0.3) is 0 Å². The molecule has 1 N–H and O–H groups in total. The lowest BCUT2D eigenvalue weighted by molar-refractivity contribution is 0.635. The van der Waals surface area contributed by atoms with E-state index in [9.17, 15) is 0 Å². The molecule has 0 spiro atoms. The van der Waals surface area contributed by atoms with E-state index in [4.69, 9.17) is 6.42 Å². The van der Waals surface area contributed by atoms with Crippen molar-refractivity contribution in [3.05, 3.63) is 0 Å². The highest BCUT2D eigenvalue weighted by Gasteiger charge is 2.16. The Kier molecular flexibility index (Phi) is 5.34. The van der Waals surface area contributed by atoms with Crippen LogP contribution in [0, 0.1) is 12.3 Å². The van der Waals surface area contributed by atoms with Crippen molar-refractivity contribution in [3.8, 4) is 12.3 Å². The molecule has 0 radical (unpaired) electrons. The molecule has 0 aromatic rings. The topological polar surface area (TPSA) is 12.0 Å². The van der Waals surface area contributed by atoms with Crippen molar-refractivity contribution >= 4 is 11.8 Å². The smallest absolute Gasteiger partial charge is 0.0264 e. The first kappa shape index (κ1) is 10.9. The molecule has 1 aliphatic carbocycles. The minimum absolute atomic E-state index is 0.510. The zero-order valence-electron chi connectivity index (χ0n) is 8.38. The highest BCUT2D eigenvalue weighted by Crippen LogP contribution is 2.29. The van der Waals surface area contributed by atoms with Crippen molar-refractivity contribution in [2.24, 2.45) is 0 Å². The van der Waals surface area contributed by atoms with Crippen molar-refractivity contribution in [1.82, 2.24) is 5.32 Å². The Morgan fingerprint density at radius 3 is 2.77 bits per heavy atom. The number of rotatable bonds is 5. The molecule has 0 bridgehead atoms. The van der Waals surface area contributed by atoms with Crippen LogP contribution >= 0.6 is 11.8 Å². The van der Waals surface area contributed by atoms with Gasteiger partial charge in [-0.25, -0.2) is 0 Å². The third kappa shape index (κ3) is 4.06. The van der Waals surface area contributed by atoms with Crippen molar-refractivity contribution < 1.29 is 0 Å². The van der Waals surface area contributed by atoms with Crippen LogP contribution in [0.1, 0.15) is 32.1 Å². The van der Waals surface area contributed by atoms with Gasteiger partial charge in [-0.3, -0.25) is 0 Å². The molecule has 1 saturated carbocycles. The van der Waals surface area contributed by atoms with Gasteiger partial charge < -0.3 is 5.32 Å². The first-order valence-corrected chi connectivity index (χ1v) is 6.14. The first-order valence-electron chi connectivity index (χ1n) is 5.09. The van der Waals surface area contributed by atoms with Gasteiger partial charge in [-0.1, -0.05) is 12.8 Å². The Hall–Kier alpha value is -0.130. The summed E-state index contributed by atoms with van der Waals surface area (Å²) in [5.41, 5.74) is 0. The second-order valence-electron chi connectivity index (χ2n) is 3.63. The van der Waals surface area contributed by atoms with Crippen molar-refractivity contribution in [1.29, 1.82) is 0 Å². The van der Waals surface area contributed by atoms with Gasteiger partial charge in [-0.2, -0.15) is 11.8 Å². The maximum absolute atomic E-state index is 5.29. The summed E-state index contributed by atoms with van der Waals surface area (Å²) in [5, 5.41) is 4.17. The van der Waals surface area contributed by atoms with Crippen LogP contribution in [0.25, 0.3) is 0 Å². The molecule has 1 fully saturated rings. The Bertz CT molecular complexity index is 167. The Balaban J connectivity index is 2.11. The molecule has 0 aromatic carbocycles. The summed E-state index contributed by atoms with van der Waals surface area (Å²) in [6, 6.07) is 0.510. The molecule has 0 amide bonds. The van der Waals surface area contributed by atoms with Crippen LogP contribution in [0.5, 0.6) is 0 Å². The molecule has 1 rings (SSSR count).